The van der Waals surface area contributed by atoms with Gasteiger partial charge >= 0.3 is 5.97 Å². The molecule has 0 aromatic carbocycles. The minimum absolute atomic E-state index is 0.0702. The van der Waals surface area contributed by atoms with Crippen molar-refractivity contribution in [2.75, 3.05) is 26.7 Å². The lowest BCUT2D eigenvalue weighted by molar-refractivity contribution is -0.152. The fraction of sp³-hybridized carbons (Fsp3) is 0.714. The second kappa shape index (κ2) is 10.4. The monoisotopic (exact) mass is 407 g/mol. The molecule has 0 bridgehead atoms. The minimum Gasteiger partial charge on any atom is -0.464 e. The van der Waals surface area contributed by atoms with Gasteiger partial charge in [-0.25, -0.2) is 4.79 Å². The van der Waals surface area contributed by atoms with Crippen LogP contribution in [0.3, 0.4) is 0 Å². The molecule has 2 atom stereocenters. The zero-order chi connectivity index (χ0) is 21.6. The molecular formula is C21H33N3O5. The number of hydrogen-bond acceptors (Lipinski definition) is 5. The van der Waals surface area contributed by atoms with Crippen LogP contribution in [0.5, 0.6) is 0 Å². The molecule has 0 aromatic rings. The van der Waals surface area contributed by atoms with Gasteiger partial charge in [-0.2, -0.15) is 0 Å². The largest absolute Gasteiger partial charge is 0.464 e. The number of hydrogen-bond donors (Lipinski definition) is 1. The third-order valence-corrected chi connectivity index (χ3v) is 5.56. The van der Waals surface area contributed by atoms with Crippen molar-refractivity contribution in [3.8, 4) is 0 Å². The highest BCUT2D eigenvalue weighted by atomic mass is 16.5. The van der Waals surface area contributed by atoms with E-state index in [-0.39, 0.29) is 36.3 Å². The van der Waals surface area contributed by atoms with E-state index in [4.69, 9.17) is 4.74 Å². The molecule has 2 aliphatic rings. The van der Waals surface area contributed by atoms with Crippen LogP contribution in [0.15, 0.2) is 11.6 Å². The molecule has 1 aliphatic carbocycles. The molecule has 8 nitrogen and oxygen atoms in total. The Bertz CT molecular complexity index is 657. The first-order valence-corrected chi connectivity index (χ1v) is 10.3. The number of esters is 1. The summed E-state index contributed by atoms with van der Waals surface area (Å²) in [5, 5.41) is 2.37. The predicted octanol–water partition coefficient (Wildman–Crippen LogP) is 1.11. The smallest absolute Gasteiger partial charge is 0.328 e. The molecule has 29 heavy (non-hydrogen) atoms. The minimum atomic E-state index is -0.529. The van der Waals surface area contributed by atoms with E-state index >= 15 is 0 Å². The Morgan fingerprint density at radius 2 is 1.93 bits per heavy atom. The first-order valence-electron chi connectivity index (χ1n) is 10.3. The molecule has 8 heteroatoms. The van der Waals surface area contributed by atoms with E-state index in [0.29, 0.717) is 37.5 Å². The van der Waals surface area contributed by atoms with Crippen molar-refractivity contribution in [1.82, 2.24) is 15.1 Å². The van der Waals surface area contributed by atoms with Crippen LogP contribution in [0.1, 0.15) is 46.5 Å². The maximum Gasteiger partial charge on any atom is 0.328 e. The fourth-order valence-electron chi connectivity index (χ4n) is 3.56. The van der Waals surface area contributed by atoms with Crippen molar-refractivity contribution in [3.63, 3.8) is 0 Å². The number of nitrogens with zero attached hydrogens (tertiary/aromatic N) is 2. The molecule has 0 radical (unpaired) electrons. The van der Waals surface area contributed by atoms with Crippen molar-refractivity contribution in [2.24, 2.45) is 11.8 Å². The van der Waals surface area contributed by atoms with Crippen LogP contribution in [0.25, 0.3) is 0 Å². The van der Waals surface area contributed by atoms with E-state index in [2.05, 4.69) is 5.32 Å². The SMILES string of the molecule is CC(=C[C@H](C(C)C)N(C)C(=O)CNC=O)C(=O)N1CCC[C@H]1C(=O)OCC1CC1. The lowest BCUT2D eigenvalue weighted by atomic mass is 9.99. The number of likely N-dealkylation sites (tertiary alicyclic amines) is 1. The summed E-state index contributed by atoms with van der Waals surface area (Å²) >= 11 is 0. The van der Waals surface area contributed by atoms with Crippen LogP contribution in [0.2, 0.25) is 0 Å². The molecule has 1 heterocycles. The second-order valence-electron chi connectivity index (χ2n) is 8.32. The van der Waals surface area contributed by atoms with Gasteiger partial charge in [0.05, 0.1) is 19.2 Å². The van der Waals surface area contributed by atoms with Crippen LogP contribution in [-0.4, -0.2) is 72.8 Å². The first-order chi connectivity index (χ1) is 13.8. The highest BCUT2D eigenvalue weighted by Crippen LogP contribution is 2.29. The van der Waals surface area contributed by atoms with Crippen LogP contribution >= 0.6 is 0 Å². The molecule has 3 amide bonds. The van der Waals surface area contributed by atoms with Crippen molar-refractivity contribution >= 4 is 24.2 Å². The number of ether oxygens (including phenoxy) is 1. The Labute approximate surface area is 172 Å². The predicted molar refractivity (Wildman–Crippen MR) is 108 cm³/mol. The summed E-state index contributed by atoms with van der Waals surface area (Å²) < 4.78 is 5.40. The van der Waals surface area contributed by atoms with Crippen molar-refractivity contribution in [3.05, 3.63) is 11.6 Å². The van der Waals surface area contributed by atoms with E-state index in [1.165, 1.54) is 4.90 Å². The third-order valence-electron chi connectivity index (χ3n) is 5.56. The van der Waals surface area contributed by atoms with Gasteiger partial charge in [0.2, 0.25) is 18.2 Å². The number of rotatable bonds is 10. The normalized spacial score (nSPS) is 20.4. The molecular weight excluding hydrogens is 374 g/mol. The maximum atomic E-state index is 13.0. The molecule has 1 saturated heterocycles. The van der Waals surface area contributed by atoms with E-state index in [9.17, 15) is 19.2 Å². The number of nitrogens with one attached hydrogen (secondary N) is 1. The summed E-state index contributed by atoms with van der Waals surface area (Å²) in [5.41, 5.74) is 0.494. The zero-order valence-electron chi connectivity index (χ0n) is 17.8. The molecule has 1 N–H and O–H groups in total. The fourth-order valence-corrected chi connectivity index (χ4v) is 3.56. The Kier molecular flexibility index (Phi) is 8.22. The number of likely N-dealkylation sites (N-methyl/N-ethyl adjacent to an activating group) is 1. The topological polar surface area (TPSA) is 96.0 Å². The Morgan fingerprint density at radius 1 is 1.24 bits per heavy atom. The highest BCUT2D eigenvalue weighted by molar-refractivity contribution is 5.96. The van der Waals surface area contributed by atoms with Crippen LogP contribution in [-0.2, 0) is 23.9 Å². The summed E-state index contributed by atoms with van der Waals surface area (Å²) in [6.07, 6.45) is 5.85. The van der Waals surface area contributed by atoms with Gasteiger partial charge in [-0.05, 0) is 44.4 Å². The molecule has 162 valence electrons. The Hall–Kier alpha value is -2.38. The standard InChI is InChI=1S/C21H33N3O5/c1-14(2)18(23(4)19(26)11-22-13-25)10-15(3)20(27)24-9-5-6-17(24)21(28)29-12-16-7-8-16/h10,13-14,16-18H,5-9,11-12H2,1-4H3,(H,22,25)/t17-,18+/m0/s1. The van der Waals surface area contributed by atoms with Crippen LogP contribution in [0.4, 0.5) is 0 Å². The molecule has 1 saturated carbocycles. The van der Waals surface area contributed by atoms with Crippen molar-refractivity contribution in [2.45, 2.75) is 58.5 Å². The third kappa shape index (κ3) is 6.30. The number of carbonyl (C=O) groups excluding carboxylic acids is 4. The summed E-state index contributed by atoms with van der Waals surface area (Å²) in [7, 11) is 1.65. The summed E-state index contributed by atoms with van der Waals surface area (Å²) in [4.78, 5) is 51.3. The number of amides is 3. The van der Waals surface area contributed by atoms with E-state index in [0.717, 1.165) is 19.3 Å². The lowest BCUT2D eigenvalue weighted by Gasteiger charge is -2.30. The van der Waals surface area contributed by atoms with Gasteiger partial charge in [0, 0.05) is 19.2 Å². The lowest BCUT2D eigenvalue weighted by Crippen LogP contribution is -2.45. The summed E-state index contributed by atoms with van der Waals surface area (Å²) in [5.74, 6) is -0.202. The Balaban J connectivity index is 2.05. The molecule has 2 rings (SSSR count). The van der Waals surface area contributed by atoms with Gasteiger partial charge in [0.1, 0.15) is 6.04 Å². The quantitative estimate of drug-likeness (QED) is 0.332. The van der Waals surface area contributed by atoms with Gasteiger partial charge in [-0.15, -0.1) is 0 Å². The van der Waals surface area contributed by atoms with Gasteiger partial charge < -0.3 is 19.9 Å². The van der Waals surface area contributed by atoms with Gasteiger partial charge in [-0.3, -0.25) is 14.4 Å². The maximum absolute atomic E-state index is 13.0. The van der Waals surface area contributed by atoms with Crippen LogP contribution in [0, 0.1) is 11.8 Å². The molecule has 2 fully saturated rings. The second-order valence-corrected chi connectivity index (χ2v) is 8.32. The van der Waals surface area contributed by atoms with Gasteiger partial charge in [0.25, 0.3) is 0 Å². The highest BCUT2D eigenvalue weighted by Gasteiger charge is 2.37. The molecule has 0 spiro atoms. The van der Waals surface area contributed by atoms with E-state index < -0.39 is 6.04 Å². The first kappa shape index (κ1) is 22.9. The van der Waals surface area contributed by atoms with Gasteiger partial charge in [0.15, 0.2) is 0 Å². The van der Waals surface area contributed by atoms with Crippen LogP contribution < -0.4 is 5.32 Å². The van der Waals surface area contributed by atoms with E-state index in [1.54, 1.807) is 24.9 Å². The molecule has 1 aliphatic heterocycles. The molecule has 0 unspecified atom stereocenters. The summed E-state index contributed by atoms with van der Waals surface area (Å²) in [6.45, 7) is 6.52. The molecule has 0 aromatic heterocycles. The summed E-state index contributed by atoms with van der Waals surface area (Å²) in [6, 6.07) is -0.832. The number of carbonyl (C=O) groups is 4. The average Bonchev–Trinajstić information content (AvgIpc) is 3.40. The van der Waals surface area contributed by atoms with Crippen molar-refractivity contribution in [1.29, 1.82) is 0 Å². The van der Waals surface area contributed by atoms with Gasteiger partial charge in [-0.1, -0.05) is 19.9 Å². The van der Waals surface area contributed by atoms with E-state index in [1.807, 2.05) is 13.8 Å². The Morgan fingerprint density at radius 3 is 2.52 bits per heavy atom. The van der Waals surface area contributed by atoms with Crippen molar-refractivity contribution < 1.29 is 23.9 Å². The zero-order valence-corrected chi connectivity index (χ0v) is 17.8. The average molecular weight is 408 g/mol.